The van der Waals surface area contributed by atoms with Gasteiger partial charge in [0.25, 0.3) is 6.43 Å². The molecule has 0 radical (unpaired) electrons. The summed E-state index contributed by atoms with van der Waals surface area (Å²) in [6.45, 7) is -0.863. The molecule has 0 fully saturated rings. The summed E-state index contributed by atoms with van der Waals surface area (Å²) in [5.74, 6) is -1.10. The topological polar surface area (TPSA) is 42.4 Å². The summed E-state index contributed by atoms with van der Waals surface area (Å²) in [5.41, 5.74) is -1.29. The molecule has 0 amide bonds. The molecule has 1 aromatic rings. The number of hydrogen-bond donors (Lipinski definition) is 1. The lowest BCUT2D eigenvalue weighted by Gasteiger charge is -2.12. The molecule has 1 heterocycles. The van der Waals surface area contributed by atoms with Crippen LogP contribution in [0.25, 0.3) is 0 Å². The molecule has 96 valence electrons. The number of pyridine rings is 1. The maximum absolute atomic E-state index is 12.5. The van der Waals surface area contributed by atoms with Gasteiger partial charge in [-0.1, -0.05) is 11.6 Å². The van der Waals surface area contributed by atoms with Crippen LogP contribution in [0.2, 0.25) is 5.15 Å². The average Bonchev–Trinajstić information content (AvgIpc) is 2.13. The Labute approximate surface area is 96.8 Å². The van der Waals surface area contributed by atoms with Gasteiger partial charge >= 0.3 is 6.36 Å². The number of alkyl halides is 5. The molecule has 0 unspecified atom stereocenters. The molecule has 3 nitrogen and oxygen atoms in total. The monoisotopic (exact) mass is 277 g/mol. The van der Waals surface area contributed by atoms with Crippen molar-refractivity contribution >= 4 is 11.6 Å². The quantitative estimate of drug-likeness (QED) is 0.682. The molecule has 17 heavy (non-hydrogen) atoms. The number of nitrogens with zero attached hydrogens (tertiary/aromatic N) is 1. The first-order chi connectivity index (χ1) is 7.74. The molecule has 0 bridgehead atoms. The summed E-state index contributed by atoms with van der Waals surface area (Å²) < 4.78 is 63.8. The Hall–Kier alpha value is -1.15. The first kappa shape index (κ1) is 13.9. The lowest BCUT2D eigenvalue weighted by Crippen LogP contribution is -2.18. The van der Waals surface area contributed by atoms with Gasteiger partial charge in [0.05, 0.1) is 6.61 Å². The highest BCUT2D eigenvalue weighted by molar-refractivity contribution is 6.30. The fraction of sp³-hybridized carbons (Fsp3) is 0.375. The van der Waals surface area contributed by atoms with Crippen LogP contribution in [-0.4, -0.2) is 16.5 Å². The third-order valence-corrected chi connectivity index (χ3v) is 2.01. The fourth-order valence-electron chi connectivity index (χ4n) is 1.06. The van der Waals surface area contributed by atoms with Crippen LogP contribution in [0, 0.1) is 0 Å². The lowest BCUT2D eigenvalue weighted by atomic mass is 10.1. The Morgan fingerprint density at radius 1 is 1.41 bits per heavy atom. The number of halogens is 6. The van der Waals surface area contributed by atoms with E-state index in [4.69, 9.17) is 16.7 Å². The van der Waals surface area contributed by atoms with E-state index in [-0.39, 0.29) is 0 Å². The van der Waals surface area contributed by atoms with E-state index < -0.39 is 41.6 Å². The molecule has 0 aliphatic rings. The fourth-order valence-corrected chi connectivity index (χ4v) is 1.31. The van der Waals surface area contributed by atoms with E-state index in [0.29, 0.717) is 6.07 Å². The molecule has 0 saturated carbocycles. The van der Waals surface area contributed by atoms with Gasteiger partial charge in [0.1, 0.15) is 5.15 Å². The minimum atomic E-state index is -5.06. The van der Waals surface area contributed by atoms with E-state index in [0.717, 1.165) is 0 Å². The maximum Gasteiger partial charge on any atom is 0.574 e. The summed E-state index contributed by atoms with van der Waals surface area (Å²) in [7, 11) is 0. The molecule has 0 saturated heterocycles. The SMILES string of the molecule is OCc1c(C(F)F)cc(OC(F)(F)F)nc1Cl. The Morgan fingerprint density at radius 2 is 2.00 bits per heavy atom. The van der Waals surface area contributed by atoms with Crippen molar-refractivity contribution in [3.8, 4) is 5.88 Å². The van der Waals surface area contributed by atoms with Crippen molar-refractivity contribution in [1.29, 1.82) is 0 Å². The minimum Gasteiger partial charge on any atom is -0.392 e. The Bertz CT molecular complexity index is 410. The number of aliphatic hydroxyl groups is 1. The van der Waals surface area contributed by atoms with Crippen LogP contribution in [0.15, 0.2) is 6.07 Å². The van der Waals surface area contributed by atoms with E-state index in [1.54, 1.807) is 0 Å². The van der Waals surface area contributed by atoms with Crippen LogP contribution in [0.4, 0.5) is 22.0 Å². The average molecular weight is 278 g/mol. The predicted octanol–water partition coefficient (Wildman–Crippen LogP) is 3.06. The van der Waals surface area contributed by atoms with Crippen molar-refractivity contribution in [2.24, 2.45) is 0 Å². The number of rotatable bonds is 3. The van der Waals surface area contributed by atoms with Crippen molar-refractivity contribution in [3.63, 3.8) is 0 Å². The van der Waals surface area contributed by atoms with Crippen LogP contribution in [0.1, 0.15) is 17.6 Å². The second-order valence-electron chi connectivity index (χ2n) is 2.83. The standard InChI is InChI=1S/C8H5ClF5NO2/c9-6-4(2-16)3(7(10)11)1-5(15-6)17-8(12,13)14/h1,7,16H,2H2. The Balaban J connectivity index is 3.20. The van der Waals surface area contributed by atoms with E-state index in [9.17, 15) is 22.0 Å². The zero-order chi connectivity index (χ0) is 13.2. The predicted molar refractivity (Wildman–Crippen MR) is 46.8 cm³/mol. The molecular weight excluding hydrogens is 273 g/mol. The van der Waals surface area contributed by atoms with E-state index in [2.05, 4.69) is 9.72 Å². The molecule has 0 aliphatic heterocycles. The number of ether oxygens (including phenoxy) is 1. The van der Waals surface area contributed by atoms with Gasteiger partial charge in [-0.2, -0.15) is 0 Å². The zero-order valence-corrected chi connectivity index (χ0v) is 8.69. The highest BCUT2D eigenvalue weighted by Crippen LogP contribution is 2.32. The highest BCUT2D eigenvalue weighted by Gasteiger charge is 2.33. The Kier molecular flexibility index (Phi) is 4.10. The van der Waals surface area contributed by atoms with E-state index in [1.165, 1.54) is 0 Å². The van der Waals surface area contributed by atoms with E-state index >= 15 is 0 Å². The second kappa shape index (κ2) is 5.01. The van der Waals surface area contributed by atoms with Gasteiger partial charge in [0, 0.05) is 17.2 Å². The third-order valence-electron chi connectivity index (χ3n) is 1.70. The van der Waals surface area contributed by atoms with Gasteiger partial charge in [0.2, 0.25) is 5.88 Å². The van der Waals surface area contributed by atoms with Gasteiger partial charge in [-0.15, -0.1) is 13.2 Å². The van der Waals surface area contributed by atoms with Gasteiger partial charge in [-0.25, -0.2) is 13.8 Å². The summed E-state index contributed by atoms with van der Waals surface area (Å²) in [4.78, 5) is 3.10. The first-order valence-corrected chi connectivity index (χ1v) is 4.46. The van der Waals surface area contributed by atoms with Crippen molar-refractivity contribution in [1.82, 2.24) is 4.98 Å². The van der Waals surface area contributed by atoms with Gasteiger partial charge in [-0.3, -0.25) is 0 Å². The van der Waals surface area contributed by atoms with Crippen LogP contribution >= 0.6 is 11.6 Å². The zero-order valence-electron chi connectivity index (χ0n) is 7.93. The second-order valence-corrected chi connectivity index (χ2v) is 3.18. The molecule has 1 aromatic heterocycles. The van der Waals surface area contributed by atoms with Crippen LogP contribution in [-0.2, 0) is 6.61 Å². The molecule has 1 N–H and O–H groups in total. The van der Waals surface area contributed by atoms with E-state index in [1.807, 2.05) is 0 Å². The van der Waals surface area contributed by atoms with Crippen molar-refractivity contribution in [3.05, 3.63) is 22.3 Å². The molecule has 0 aromatic carbocycles. The summed E-state index contributed by atoms with van der Waals surface area (Å²) >= 11 is 5.36. The molecular formula is C8H5ClF5NO2. The van der Waals surface area contributed by atoms with Crippen molar-refractivity contribution in [2.75, 3.05) is 0 Å². The van der Waals surface area contributed by atoms with Gasteiger partial charge < -0.3 is 9.84 Å². The van der Waals surface area contributed by atoms with Crippen LogP contribution in [0.5, 0.6) is 5.88 Å². The van der Waals surface area contributed by atoms with Crippen LogP contribution in [0.3, 0.4) is 0 Å². The molecule has 9 heteroatoms. The third kappa shape index (κ3) is 3.67. The number of hydrogen-bond acceptors (Lipinski definition) is 3. The molecule has 0 atom stereocenters. The first-order valence-electron chi connectivity index (χ1n) is 4.08. The summed E-state index contributed by atoms with van der Waals surface area (Å²) in [5, 5.41) is 8.09. The number of aromatic nitrogens is 1. The normalized spacial score (nSPS) is 12.0. The summed E-state index contributed by atoms with van der Waals surface area (Å²) in [6, 6.07) is 0.385. The molecule has 0 spiro atoms. The Morgan fingerprint density at radius 3 is 2.41 bits per heavy atom. The summed E-state index contributed by atoms with van der Waals surface area (Å²) in [6.07, 6.45) is -8.16. The van der Waals surface area contributed by atoms with Gasteiger partial charge in [0.15, 0.2) is 0 Å². The largest absolute Gasteiger partial charge is 0.574 e. The lowest BCUT2D eigenvalue weighted by molar-refractivity contribution is -0.276. The maximum atomic E-state index is 12.5. The van der Waals surface area contributed by atoms with Gasteiger partial charge in [-0.05, 0) is 0 Å². The van der Waals surface area contributed by atoms with Crippen molar-refractivity contribution < 1.29 is 31.8 Å². The van der Waals surface area contributed by atoms with Crippen LogP contribution < -0.4 is 4.74 Å². The highest BCUT2D eigenvalue weighted by atomic mass is 35.5. The van der Waals surface area contributed by atoms with Crippen molar-refractivity contribution in [2.45, 2.75) is 19.4 Å². The smallest absolute Gasteiger partial charge is 0.392 e. The molecule has 1 rings (SSSR count). The minimum absolute atomic E-state index is 0.385. The molecule has 0 aliphatic carbocycles. The number of aliphatic hydroxyl groups excluding tert-OH is 1.